The van der Waals surface area contributed by atoms with Gasteiger partial charge in [-0.2, -0.15) is 0 Å². The zero-order chi connectivity index (χ0) is 19.1. The van der Waals surface area contributed by atoms with Crippen LogP contribution in [-0.4, -0.2) is 45.7 Å². The third-order valence-corrected chi connectivity index (χ3v) is 5.29. The van der Waals surface area contributed by atoms with Crippen LogP contribution in [0.3, 0.4) is 0 Å². The van der Waals surface area contributed by atoms with Gasteiger partial charge in [-0.1, -0.05) is 42.5 Å². The number of thiocarbonyl (C=S) groups is 1. The summed E-state index contributed by atoms with van der Waals surface area (Å²) >= 11 is 6.35. The lowest BCUT2D eigenvalue weighted by atomic mass is 10.1. The number of thioether (sulfide) groups is 1. The molecule has 2 N–H and O–H groups in total. The molecule has 2 rings (SSSR count). The Morgan fingerprint density at radius 1 is 1.23 bits per heavy atom. The van der Waals surface area contributed by atoms with E-state index in [-0.39, 0.29) is 18.2 Å². The van der Waals surface area contributed by atoms with Crippen LogP contribution in [0.15, 0.2) is 29.2 Å². The second-order valence-corrected chi connectivity index (χ2v) is 7.50. The average molecular weight is 393 g/mol. The molecule has 1 aliphatic heterocycles. The van der Waals surface area contributed by atoms with Gasteiger partial charge < -0.3 is 10.4 Å². The molecule has 1 aromatic rings. The highest BCUT2D eigenvalue weighted by atomic mass is 32.2. The Balaban J connectivity index is 1.83. The highest BCUT2D eigenvalue weighted by Crippen LogP contribution is 2.31. The van der Waals surface area contributed by atoms with E-state index in [1.165, 1.54) is 16.7 Å². The molecule has 2 amide bonds. The fourth-order valence-electron chi connectivity index (χ4n) is 2.31. The van der Waals surface area contributed by atoms with Crippen molar-refractivity contribution in [2.45, 2.75) is 25.7 Å². The van der Waals surface area contributed by atoms with Crippen molar-refractivity contribution in [1.29, 1.82) is 0 Å². The largest absolute Gasteiger partial charge is 0.481 e. The lowest BCUT2D eigenvalue weighted by molar-refractivity contribution is -0.137. The van der Waals surface area contributed by atoms with Crippen LogP contribution in [0, 0.1) is 0 Å². The van der Waals surface area contributed by atoms with Crippen LogP contribution in [0.1, 0.15) is 41.6 Å². The topological polar surface area (TPSA) is 86.7 Å². The smallest absolute Gasteiger partial charge is 0.303 e. The number of hydrogen-bond donors (Lipinski definition) is 2. The van der Waals surface area contributed by atoms with Crippen molar-refractivity contribution < 1.29 is 19.5 Å². The van der Waals surface area contributed by atoms with Crippen molar-refractivity contribution in [3.8, 4) is 0 Å². The summed E-state index contributed by atoms with van der Waals surface area (Å²) in [7, 11) is 1.65. The SMILES string of the molecule is CN1C(=O)/C(=C\c2ccc(C(=O)NCCCCCC(=O)O)cc2)SC1=S. The fourth-order valence-corrected chi connectivity index (χ4v) is 3.49. The lowest BCUT2D eigenvalue weighted by Crippen LogP contribution is -2.24. The molecule has 0 aromatic heterocycles. The molecule has 0 unspecified atom stereocenters. The normalized spacial score (nSPS) is 15.6. The lowest BCUT2D eigenvalue weighted by Gasteiger charge is -2.05. The summed E-state index contributed by atoms with van der Waals surface area (Å²) in [5.74, 6) is -1.09. The summed E-state index contributed by atoms with van der Waals surface area (Å²) < 4.78 is 0.528. The van der Waals surface area contributed by atoms with Gasteiger partial charge in [-0.05, 0) is 36.6 Å². The number of unbranched alkanes of at least 4 members (excludes halogenated alkanes) is 2. The first-order valence-electron chi connectivity index (χ1n) is 8.20. The molecular weight excluding hydrogens is 372 g/mol. The molecule has 8 heteroatoms. The zero-order valence-electron chi connectivity index (χ0n) is 14.4. The van der Waals surface area contributed by atoms with E-state index in [4.69, 9.17) is 17.3 Å². The van der Waals surface area contributed by atoms with E-state index in [1.807, 2.05) is 0 Å². The van der Waals surface area contributed by atoms with Crippen LogP contribution in [0.2, 0.25) is 0 Å². The molecule has 0 spiro atoms. The Bertz CT molecular complexity index is 744. The van der Waals surface area contributed by atoms with Gasteiger partial charge in [0.1, 0.15) is 4.32 Å². The standard InChI is InChI=1S/C18H20N2O4S2/c1-20-17(24)14(26-18(20)25)11-12-6-8-13(9-7-12)16(23)19-10-4-2-3-5-15(21)22/h6-9,11H,2-5,10H2,1H3,(H,19,23)(H,21,22)/b14-11+. The summed E-state index contributed by atoms with van der Waals surface area (Å²) in [6, 6.07) is 6.98. The summed E-state index contributed by atoms with van der Waals surface area (Å²) in [6.07, 6.45) is 4.04. The monoisotopic (exact) mass is 392 g/mol. The fraction of sp³-hybridized carbons (Fsp3) is 0.333. The number of rotatable bonds is 8. The number of hydrogen-bond acceptors (Lipinski definition) is 5. The summed E-state index contributed by atoms with van der Waals surface area (Å²) in [5.41, 5.74) is 1.36. The van der Waals surface area contributed by atoms with Crippen LogP contribution in [0.25, 0.3) is 6.08 Å². The Kier molecular flexibility index (Phi) is 7.35. The molecule has 1 aromatic carbocycles. The van der Waals surface area contributed by atoms with E-state index in [9.17, 15) is 14.4 Å². The van der Waals surface area contributed by atoms with Crippen LogP contribution >= 0.6 is 24.0 Å². The van der Waals surface area contributed by atoms with Crippen molar-refractivity contribution in [1.82, 2.24) is 10.2 Å². The molecule has 0 saturated carbocycles. The van der Waals surface area contributed by atoms with Crippen LogP contribution in [0.4, 0.5) is 0 Å². The molecule has 1 aliphatic rings. The summed E-state index contributed by atoms with van der Waals surface area (Å²) in [6.45, 7) is 0.513. The Labute approximate surface area is 161 Å². The maximum Gasteiger partial charge on any atom is 0.303 e. The van der Waals surface area contributed by atoms with E-state index >= 15 is 0 Å². The molecule has 1 saturated heterocycles. The summed E-state index contributed by atoms with van der Waals surface area (Å²) in [5, 5.41) is 11.4. The number of likely N-dealkylation sites (N-methyl/N-ethyl adjacent to an activating group) is 1. The van der Waals surface area contributed by atoms with E-state index in [1.54, 1.807) is 37.4 Å². The molecule has 0 aliphatic carbocycles. The molecule has 138 valence electrons. The van der Waals surface area contributed by atoms with E-state index in [2.05, 4.69) is 5.32 Å². The molecule has 0 radical (unpaired) electrons. The van der Waals surface area contributed by atoms with E-state index in [0.717, 1.165) is 18.4 Å². The van der Waals surface area contributed by atoms with Gasteiger partial charge in [0, 0.05) is 25.6 Å². The van der Waals surface area contributed by atoms with Crippen molar-refractivity contribution in [2.24, 2.45) is 0 Å². The quantitative estimate of drug-likeness (QED) is 0.402. The molecular formula is C18H20N2O4S2. The molecule has 1 fully saturated rings. The number of aliphatic carboxylic acids is 1. The predicted octanol–water partition coefficient (Wildman–Crippen LogP) is 2.89. The van der Waals surface area contributed by atoms with Gasteiger partial charge in [0.25, 0.3) is 11.8 Å². The Morgan fingerprint density at radius 3 is 2.50 bits per heavy atom. The minimum atomic E-state index is -0.796. The number of carboxylic acids is 1. The van der Waals surface area contributed by atoms with Gasteiger partial charge >= 0.3 is 5.97 Å². The van der Waals surface area contributed by atoms with Crippen molar-refractivity contribution >= 4 is 52.2 Å². The van der Waals surface area contributed by atoms with Crippen molar-refractivity contribution in [3.63, 3.8) is 0 Å². The number of carbonyl (C=O) groups is 3. The second kappa shape index (κ2) is 9.49. The van der Waals surface area contributed by atoms with Gasteiger partial charge in [-0.3, -0.25) is 19.3 Å². The second-order valence-electron chi connectivity index (χ2n) is 5.82. The highest BCUT2D eigenvalue weighted by molar-refractivity contribution is 8.26. The van der Waals surface area contributed by atoms with Crippen LogP contribution in [0.5, 0.6) is 0 Å². The molecule has 1 heterocycles. The van der Waals surface area contributed by atoms with Crippen molar-refractivity contribution in [2.75, 3.05) is 13.6 Å². The maximum atomic E-state index is 12.1. The first-order valence-corrected chi connectivity index (χ1v) is 9.42. The first kappa shape index (κ1) is 20.1. The molecule has 0 atom stereocenters. The number of carbonyl (C=O) groups excluding carboxylic acids is 2. The molecule has 0 bridgehead atoms. The van der Waals surface area contributed by atoms with Crippen LogP contribution < -0.4 is 5.32 Å². The van der Waals surface area contributed by atoms with Gasteiger partial charge in [-0.15, -0.1) is 0 Å². The van der Waals surface area contributed by atoms with Gasteiger partial charge in [0.15, 0.2) is 0 Å². The zero-order valence-corrected chi connectivity index (χ0v) is 16.0. The number of carboxylic acid groups (broad SMARTS) is 1. The Morgan fingerprint density at radius 2 is 1.92 bits per heavy atom. The number of nitrogens with zero attached hydrogens (tertiary/aromatic N) is 1. The number of amides is 2. The van der Waals surface area contributed by atoms with E-state index in [0.29, 0.717) is 27.8 Å². The third-order valence-electron chi connectivity index (χ3n) is 3.81. The number of benzene rings is 1. The van der Waals surface area contributed by atoms with Crippen molar-refractivity contribution in [3.05, 3.63) is 40.3 Å². The summed E-state index contributed by atoms with van der Waals surface area (Å²) in [4.78, 5) is 36.5. The molecule has 26 heavy (non-hydrogen) atoms. The minimum Gasteiger partial charge on any atom is -0.481 e. The Hall–Kier alpha value is -2.19. The maximum absolute atomic E-state index is 12.1. The highest BCUT2D eigenvalue weighted by Gasteiger charge is 2.28. The minimum absolute atomic E-state index is 0.121. The number of nitrogens with one attached hydrogen (secondary N) is 1. The van der Waals surface area contributed by atoms with Gasteiger partial charge in [0.2, 0.25) is 0 Å². The predicted molar refractivity (Wildman–Crippen MR) is 106 cm³/mol. The first-order chi connectivity index (χ1) is 12.4. The van der Waals surface area contributed by atoms with Crippen LogP contribution in [-0.2, 0) is 9.59 Å². The van der Waals surface area contributed by atoms with Gasteiger partial charge in [0.05, 0.1) is 4.91 Å². The van der Waals surface area contributed by atoms with Gasteiger partial charge in [-0.25, -0.2) is 0 Å². The van der Waals surface area contributed by atoms with E-state index < -0.39 is 5.97 Å². The molecule has 6 nitrogen and oxygen atoms in total. The third kappa shape index (κ3) is 5.67. The average Bonchev–Trinajstić information content (AvgIpc) is 2.85.